The molecule has 0 saturated heterocycles. The lowest BCUT2D eigenvalue weighted by Gasteiger charge is -2.59. The van der Waals surface area contributed by atoms with Gasteiger partial charge in [-0.15, -0.1) is 0 Å². The third-order valence-electron chi connectivity index (χ3n) is 10.3. The third kappa shape index (κ3) is 4.36. The Kier molecular flexibility index (Phi) is 7.22. The van der Waals surface area contributed by atoms with Crippen LogP contribution in [-0.2, 0) is 19.1 Å². The molecule has 184 valence electrons. The number of ketones is 2. The molecule has 0 heterocycles. The molecule has 4 aliphatic rings. The Morgan fingerprint density at radius 1 is 1.03 bits per heavy atom. The molecule has 3 saturated carbocycles. The number of carbonyl (C=O) groups excluding carboxylic acids is 3. The van der Waals surface area contributed by atoms with Crippen molar-refractivity contribution >= 4 is 17.5 Å². The zero-order valence-corrected chi connectivity index (χ0v) is 21.3. The number of esters is 1. The number of hydrogen-bond acceptors (Lipinski definition) is 4. The number of hydrogen-bond donors (Lipinski definition) is 0. The molecule has 1 unspecified atom stereocenters. The van der Waals surface area contributed by atoms with Crippen LogP contribution in [0.3, 0.4) is 0 Å². The SMILES string of the molecule is CCCCCCCC(=O)OC1CC(=O)C=C2CC[C@H]3[C@@H]4CC[C@H](C(C)=O)[C@@]4(C)CC[C@@H]3[C@]21C. The number of carbonyl (C=O) groups is 3. The standard InChI is InChI=1S/C29H44O4/c1-5-6-7-8-9-10-27(32)33-26-18-21(31)17-20-11-12-22-24-14-13-23(19(2)30)28(24,3)16-15-25(22)29(20,26)4/h17,22-26H,5-16,18H2,1-4H3/t22-,23+,24-,25-,26?,28+,29-/m0/s1. The zero-order chi connectivity index (χ0) is 23.8. The lowest BCUT2D eigenvalue weighted by molar-refractivity contribution is -0.166. The van der Waals surface area contributed by atoms with Gasteiger partial charge in [0.2, 0.25) is 0 Å². The maximum Gasteiger partial charge on any atom is 0.306 e. The highest BCUT2D eigenvalue weighted by atomic mass is 16.5. The molecule has 0 aromatic heterocycles. The van der Waals surface area contributed by atoms with Crippen molar-refractivity contribution in [3.05, 3.63) is 11.6 Å². The van der Waals surface area contributed by atoms with Gasteiger partial charge >= 0.3 is 5.97 Å². The van der Waals surface area contributed by atoms with Gasteiger partial charge in [0.1, 0.15) is 11.9 Å². The number of fused-ring (bicyclic) bond motifs is 5. The molecule has 0 bridgehead atoms. The monoisotopic (exact) mass is 456 g/mol. The van der Waals surface area contributed by atoms with Gasteiger partial charge in [-0.2, -0.15) is 0 Å². The van der Waals surface area contributed by atoms with Gasteiger partial charge in [-0.3, -0.25) is 14.4 Å². The van der Waals surface area contributed by atoms with E-state index in [2.05, 4.69) is 20.8 Å². The fraction of sp³-hybridized carbons (Fsp3) is 0.828. The van der Waals surface area contributed by atoms with Crippen molar-refractivity contribution < 1.29 is 19.1 Å². The zero-order valence-electron chi connectivity index (χ0n) is 21.3. The van der Waals surface area contributed by atoms with Gasteiger partial charge in [0.25, 0.3) is 0 Å². The second kappa shape index (κ2) is 9.66. The summed E-state index contributed by atoms with van der Waals surface area (Å²) >= 11 is 0. The number of Topliss-reactive ketones (excluding diaryl/α,β-unsaturated/α-hetero) is 1. The Balaban J connectivity index is 1.51. The van der Waals surface area contributed by atoms with E-state index in [-0.39, 0.29) is 34.6 Å². The van der Waals surface area contributed by atoms with Crippen LogP contribution in [0.4, 0.5) is 0 Å². The van der Waals surface area contributed by atoms with Gasteiger partial charge in [0, 0.05) is 24.2 Å². The topological polar surface area (TPSA) is 60.4 Å². The van der Waals surface area contributed by atoms with Gasteiger partial charge in [0.15, 0.2) is 5.78 Å². The Labute approximate surface area is 200 Å². The van der Waals surface area contributed by atoms with Gasteiger partial charge in [-0.1, -0.05) is 52.0 Å². The van der Waals surface area contributed by atoms with E-state index in [0.717, 1.165) is 51.4 Å². The quantitative estimate of drug-likeness (QED) is 0.305. The van der Waals surface area contributed by atoms with E-state index in [9.17, 15) is 14.4 Å². The molecule has 0 aliphatic heterocycles. The Morgan fingerprint density at radius 2 is 1.79 bits per heavy atom. The largest absolute Gasteiger partial charge is 0.461 e. The molecule has 7 atom stereocenters. The average Bonchev–Trinajstić information content (AvgIpc) is 3.12. The highest BCUT2D eigenvalue weighted by molar-refractivity contribution is 5.92. The van der Waals surface area contributed by atoms with E-state index in [1.165, 1.54) is 24.8 Å². The second-order valence-electron chi connectivity index (χ2n) is 12.0. The van der Waals surface area contributed by atoms with Crippen molar-refractivity contribution in [1.82, 2.24) is 0 Å². The van der Waals surface area contributed by atoms with Crippen LogP contribution in [0.2, 0.25) is 0 Å². The van der Waals surface area contributed by atoms with E-state index < -0.39 is 0 Å². The molecule has 0 radical (unpaired) electrons. The first-order valence-electron chi connectivity index (χ1n) is 13.7. The van der Waals surface area contributed by atoms with Crippen LogP contribution in [0.15, 0.2) is 11.6 Å². The second-order valence-corrected chi connectivity index (χ2v) is 12.0. The van der Waals surface area contributed by atoms with Gasteiger partial charge in [0.05, 0.1) is 0 Å². The van der Waals surface area contributed by atoms with Crippen LogP contribution in [0, 0.1) is 34.5 Å². The smallest absolute Gasteiger partial charge is 0.306 e. The molecule has 33 heavy (non-hydrogen) atoms. The minimum atomic E-state index is -0.338. The Morgan fingerprint density at radius 3 is 2.52 bits per heavy atom. The van der Waals surface area contributed by atoms with Crippen LogP contribution < -0.4 is 0 Å². The predicted octanol–water partition coefficient (Wildman–Crippen LogP) is 6.61. The molecule has 4 heteroatoms. The van der Waals surface area contributed by atoms with Crippen molar-refractivity contribution in [3.63, 3.8) is 0 Å². The van der Waals surface area contributed by atoms with Crippen LogP contribution in [0.25, 0.3) is 0 Å². The van der Waals surface area contributed by atoms with Crippen molar-refractivity contribution in [2.45, 2.75) is 117 Å². The van der Waals surface area contributed by atoms with Crippen molar-refractivity contribution in [1.29, 1.82) is 0 Å². The lowest BCUT2D eigenvalue weighted by atomic mass is 9.46. The molecule has 3 fully saturated rings. The number of unbranched alkanes of at least 4 members (excludes halogenated alkanes) is 4. The molecule has 0 N–H and O–H groups in total. The first-order chi connectivity index (χ1) is 15.7. The first kappa shape index (κ1) is 24.7. The van der Waals surface area contributed by atoms with Gasteiger partial charge < -0.3 is 4.74 Å². The predicted molar refractivity (Wildman–Crippen MR) is 130 cm³/mol. The molecule has 4 aliphatic carbocycles. The highest BCUT2D eigenvalue weighted by Crippen LogP contribution is 2.67. The first-order valence-corrected chi connectivity index (χ1v) is 13.7. The molecular formula is C29H44O4. The van der Waals surface area contributed by atoms with Crippen molar-refractivity contribution in [2.24, 2.45) is 34.5 Å². The summed E-state index contributed by atoms with van der Waals surface area (Å²) < 4.78 is 6.13. The molecule has 4 nitrogen and oxygen atoms in total. The minimum absolute atomic E-state index is 0.111. The fourth-order valence-corrected chi connectivity index (χ4v) is 8.51. The highest BCUT2D eigenvalue weighted by Gasteiger charge is 2.62. The van der Waals surface area contributed by atoms with E-state index in [1.54, 1.807) is 6.92 Å². The maximum atomic E-state index is 12.8. The van der Waals surface area contributed by atoms with Crippen LogP contribution in [-0.4, -0.2) is 23.6 Å². The molecule has 0 spiro atoms. The summed E-state index contributed by atoms with van der Waals surface area (Å²) in [5, 5.41) is 0. The normalized spacial score (nSPS) is 39.8. The molecule has 4 rings (SSSR count). The molecule has 0 amide bonds. The molecular weight excluding hydrogens is 412 g/mol. The summed E-state index contributed by atoms with van der Waals surface area (Å²) in [6, 6.07) is 0. The number of rotatable bonds is 8. The van der Waals surface area contributed by atoms with Crippen LogP contribution in [0.1, 0.15) is 111 Å². The summed E-state index contributed by atoms with van der Waals surface area (Å²) in [4.78, 5) is 37.8. The van der Waals surface area contributed by atoms with E-state index >= 15 is 0 Å². The van der Waals surface area contributed by atoms with E-state index in [1.807, 2.05) is 6.08 Å². The van der Waals surface area contributed by atoms with Crippen LogP contribution in [0.5, 0.6) is 0 Å². The molecule has 0 aromatic carbocycles. The fourth-order valence-electron chi connectivity index (χ4n) is 8.51. The van der Waals surface area contributed by atoms with Gasteiger partial charge in [-0.25, -0.2) is 0 Å². The summed E-state index contributed by atoms with van der Waals surface area (Å²) in [7, 11) is 0. The summed E-state index contributed by atoms with van der Waals surface area (Å²) in [6.07, 6.45) is 14.1. The average molecular weight is 457 g/mol. The van der Waals surface area contributed by atoms with Crippen molar-refractivity contribution in [3.8, 4) is 0 Å². The Bertz CT molecular complexity index is 812. The van der Waals surface area contributed by atoms with E-state index in [0.29, 0.717) is 36.4 Å². The summed E-state index contributed by atoms with van der Waals surface area (Å²) in [5.41, 5.74) is 1.08. The molecule has 0 aromatic rings. The van der Waals surface area contributed by atoms with E-state index in [4.69, 9.17) is 4.74 Å². The Hall–Kier alpha value is -1.45. The van der Waals surface area contributed by atoms with Crippen LogP contribution >= 0.6 is 0 Å². The summed E-state index contributed by atoms with van der Waals surface area (Å²) in [5.74, 6) is 2.08. The number of ether oxygens (including phenoxy) is 1. The minimum Gasteiger partial charge on any atom is -0.461 e. The lowest BCUT2D eigenvalue weighted by Crippen LogP contribution is -2.56. The van der Waals surface area contributed by atoms with Gasteiger partial charge in [-0.05, 0) is 81.1 Å². The third-order valence-corrected chi connectivity index (χ3v) is 10.3. The van der Waals surface area contributed by atoms with Crippen molar-refractivity contribution in [2.75, 3.05) is 0 Å². The maximum absolute atomic E-state index is 12.8. The summed E-state index contributed by atoms with van der Waals surface area (Å²) in [6.45, 7) is 8.61.